The second kappa shape index (κ2) is 16.1. The van der Waals surface area contributed by atoms with E-state index >= 15 is 0 Å². The second-order valence-electron chi connectivity index (χ2n) is 15.3. The number of hydrogen-bond donors (Lipinski definition) is 0. The Labute approximate surface area is 354 Å². The van der Waals surface area contributed by atoms with Crippen LogP contribution in [0.1, 0.15) is 5.69 Å². The molecular formula is C57H44N2Si. The average molecular weight is 785 g/mol. The fourth-order valence-electron chi connectivity index (χ4n) is 9.26. The molecule has 2 aromatic heterocycles. The minimum absolute atomic E-state index is 1.13. The zero-order valence-electron chi connectivity index (χ0n) is 33.6. The lowest BCUT2D eigenvalue weighted by atomic mass is 9.93. The molecular weight excluding hydrogens is 741 g/mol. The van der Waals surface area contributed by atoms with Crippen molar-refractivity contribution in [2.24, 2.45) is 0 Å². The summed E-state index contributed by atoms with van der Waals surface area (Å²) in [5.74, 6) is 0. The number of nitrogens with zero attached hydrogens (tertiary/aromatic N) is 2. The molecule has 286 valence electrons. The van der Waals surface area contributed by atoms with Crippen LogP contribution in [0, 0.1) is 6.92 Å². The van der Waals surface area contributed by atoms with Crippen LogP contribution in [-0.2, 0) is 0 Å². The van der Waals surface area contributed by atoms with Crippen molar-refractivity contribution in [1.82, 2.24) is 9.13 Å². The predicted molar refractivity (Wildman–Crippen MR) is 255 cm³/mol. The van der Waals surface area contributed by atoms with Gasteiger partial charge < -0.3 is 9.13 Å². The summed E-state index contributed by atoms with van der Waals surface area (Å²) in [6.07, 6.45) is 4.72. The van der Waals surface area contributed by atoms with Crippen molar-refractivity contribution in [1.29, 1.82) is 0 Å². The van der Waals surface area contributed by atoms with Gasteiger partial charge in [0.2, 0.25) is 0 Å². The minimum atomic E-state index is -3.12. The highest BCUT2D eigenvalue weighted by molar-refractivity contribution is 7.20. The Hall–Kier alpha value is -7.46. The number of para-hydroxylation sites is 2. The highest BCUT2D eigenvalue weighted by Gasteiger charge is 2.46. The molecule has 0 atom stereocenters. The summed E-state index contributed by atoms with van der Waals surface area (Å²) in [6, 6.07) is 86.6. The van der Waals surface area contributed by atoms with E-state index in [0.29, 0.717) is 0 Å². The molecule has 0 unspecified atom stereocenters. The van der Waals surface area contributed by atoms with Gasteiger partial charge in [-0.1, -0.05) is 206 Å². The quantitative estimate of drug-likeness (QED) is 0.0966. The molecule has 0 bridgehead atoms. The van der Waals surface area contributed by atoms with E-state index in [1.165, 1.54) is 71.1 Å². The van der Waals surface area contributed by atoms with Crippen molar-refractivity contribution in [3.8, 4) is 55.9 Å². The van der Waals surface area contributed by atoms with Gasteiger partial charge in [-0.3, -0.25) is 0 Å². The monoisotopic (exact) mass is 784 g/mol. The van der Waals surface area contributed by atoms with Crippen molar-refractivity contribution in [3.05, 3.63) is 255 Å². The number of rotatable bonds is 10. The topological polar surface area (TPSA) is 9.86 Å². The first kappa shape index (κ1) is 36.8. The van der Waals surface area contributed by atoms with Gasteiger partial charge in [0.05, 0.1) is 0 Å². The Morgan fingerprint density at radius 3 is 1.10 bits per heavy atom. The third-order valence-electron chi connectivity index (χ3n) is 11.9. The fourth-order valence-corrected chi connectivity index (χ4v) is 14.4. The van der Waals surface area contributed by atoms with Gasteiger partial charge in [0.15, 0.2) is 8.07 Å². The third-order valence-corrected chi connectivity index (χ3v) is 16.7. The smallest absolute Gasteiger partial charge is 0.200 e. The first-order valence-electron chi connectivity index (χ1n) is 20.7. The minimum Gasteiger partial charge on any atom is -0.323 e. The molecule has 10 aromatic rings. The standard InChI is InChI=1S/C57H44N2Si/c1-43-55(53(44-24-9-2-10-25-44)41-58(43)48-30-13-4-14-31-48)46-28-23-29-47(40-46)56-54(45-26-11-3-12-27-45)42-59(49-32-15-5-16-33-49)57(56)60(50-34-17-6-18-35-50,51-36-19-7-20-37-51)52-38-21-8-22-39-52/h2-42H,1H3. The van der Waals surface area contributed by atoms with Crippen LogP contribution in [0.3, 0.4) is 0 Å². The van der Waals surface area contributed by atoms with Crippen LogP contribution in [0.5, 0.6) is 0 Å². The molecule has 0 radical (unpaired) electrons. The summed E-state index contributed by atoms with van der Waals surface area (Å²) >= 11 is 0. The molecule has 0 aliphatic heterocycles. The second-order valence-corrected chi connectivity index (χ2v) is 19.0. The van der Waals surface area contributed by atoms with Gasteiger partial charge in [0.1, 0.15) is 0 Å². The first-order valence-corrected chi connectivity index (χ1v) is 22.7. The van der Waals surface area contributed by atoms with E-state index < -0.39 is 8.07 Å². The van der Waals surface area contributed by atoms with Crippen LogP contribution in [0.25, 0.3) is 55.9 Å². The Kier molecular flexibility index (Phi) is 9.86. The number of aromatic nitrogens is 2. The normalized spacial score (nSPS) is 11.4. The van der Waals surface area contributed by atoms with Gasteiger partial charge in [-0.15, -0.1) is 0 Å². The summed E-state index contributed by atoms with van der Waals surface area (Å²) in [5.41, 5.74) is 13.1. The maximum absolute atomic E-state index is 3.12. The molecule has 0 fully saturated rings. The van der Waals surface area contributed by atoms with Crippen molar-refractivity contribution >= 4 is 29.0 Å². The van der Waals surface area contributed by atoms with Gasteiger partial charge in [-0.05, 0) is 75.1 Å². The van der Waals surface area contributed by atoms with Crippen molar-refractivity contribution in [3.63, 3.8) is 0 Å². The molecule has 3 heteroatoms. The molecule has 0 saturated heterocycles. The van der Waals surface area contributed by atoms with Gasteiger partial charge >= 0.3 is 0 Å². The summed E-state index contributed by atoms with van der Waals surface area (Å²) in [4.78, 5) is 0. The van der Waals surface area contributed by atoms with Crippen LogP contribution >= 0.6 is 0 Å². The molecule has 10 rings (SSSR count). The largest absolute Gasteiger partial charge is 0.323 e. The van der Waals surface area contributed by atoms with Gasteiger partial charge in [0, 0.05) is 57.0 Å². The zero-order valence-corrected chi connectivity index (χ0v) is 34.6. The van der Waals surface area contributed by atoms with Crippen LogP contribution in [0.2, 0.25) is 0 Å². The van der Waals surface area contributed by atoms with Crippen LogP contribution < -0.4 is 20.9 Å². The summed E-state index contributed by atoms with van der Waals surface area (Å²) in [6.45, 7) is 2.26. The summed E-state index contributed by atoms with van der Waals surface area (Å²) in [7, 11) is -3.12. The van der Waals surface area contributed by atoms with E-state index in [1.807, 2.05) is 0 Å². The SMILES string of the molecule is Cc1c(-c2cccc(-c3c(-c4ccccc4)cn(-c4ccccc4)c3[Si](c3ccccc3)(c3ccccc3)c3ccccc3)c2)c(-c2ccccc2)cn1-c1ccccc1. The summed E-state index contributed by atoms with van der Waals surface area (Å²) < 4.78 is 4.87. The highest BCUT2D eigenvalue weighted by atomic mass is 28.3. The fraction of sp³-hybridized carbons (Fsp3) is 0.0175. The molecule has 60 heavy (non-hydrogen) atoms. The number of benzene rings is 8. The average Bonchev–Trinajstić information content (AvgIpc) is 3.90. The van der Waals surface area contributed by atoms with Crippen LogP contribution in [-0.4, -0.2) is 17.2 Å². The van der Waals surface area contributed by atoms with E-state index in [1.54, 1.807) is 0 Å². The molecule has 0 amide bonds. The maximum Gasteiger partial charge on any atom is 0.200 e. The van der Waals surface area contributed by atoms with Crippen LogP contribution in [0.15, 0.2) is 249 Å². The van der Waals surface area contributed by atoms with E-state index in [-0.39, 0.29) is 0 Å². The lowest BCUT2D eigenvalue weighted by molar-refractivity contribution is 1.02. The van der Waals surface area contributed by atoms with E-state index in [2.05, 4.69) is 265 Å². The zero-order chi connectivity index (χ0) is 40.3. The summed E-state index contributed by atoms with van der Waals surface area (Å²) in [5, 5.41) is 5.31. The van der Waals surface area contributed by atoms with E-state index in [4.69, 9.17) is 0 Å². The lowest BCUT2D eigenvalue weighted by Gasteiger charge is -2.36. The van der Waals surface area contributed by atoms with Crippen molar-refractivity contribution < 1.29 is 0 Å². The number of hydrogen-bond acceptors (Lipinski definition) is 0. The first-order chi connectivity index (χ1) is 29.7. The molecule has 0 aliphatic carbocycles. The Bertz CT molecular complexity index is 2900. The predicted octanol–water partition coefficient (Wildman–Crippen LogP) is 11.6. The highest BCUT2D eigenvalue weighted by Crippen LogP contribution is 2.41. The van der Waals surface area contributed by atoms with E-state index in [9.17, 15) is 0 Å². The van der Waals surface area contributed by atoms with Crippen LogP contribution in [0.4, 0.5) is 0 Å². The molecule has 0 aliphatic rings. The Morgan fingerprint density at radius 2 is 0.650 bits per heavy atom. The van der Waals surface area contributed by atoms with Crippen molar-refractivity contribution in [2.45, 2.75) is 6.92 Å². The third kappa shape index (κ3) is 6.46. The van der Waals surface area contributed by atoms with E-state index in [0.717, 1.165) is 11.4 Å². The molecule has 8 aromatic carbocycles. The molecule has 2 nitrogen and oxygen atoms in total. The molecule has 0 spiro atoms. The molecule has 0 saturated carbocycles. The molecule has 2 heterocycles. The Balaban J connectivity index is 1.35. The van der Waals surface area contributed by atoms with Gasteiger partial charge in [0.25, 0.3) is 0 Å². The lowest BCUT2D eigenvalue weighted by Crippen LogP contribution is -2.76. The van der Waals surface area contributed by atoms with Gasteiger partial charge in [-0.2, -0.15) is 0 Å². The molecule has 0 N–H and O–H groups in total. The Morgan fingerprint density at radius 1 is 0.317 bits per heavy atom. The van der Waals surface area contributed by atoms with Crippen molar-refractivity contribution in [2.75, 3.05) is 0 Å². The van der Waals surface area contributed by atoms with Gasteiger partial charge in [-0.25, -0.2) is 0 Å². The maximum atomic E-state index is 2.52.